The molecule has 3 unspecified atom stereocenters. The fourth-order valence-electron chi connectivity index (χ4n) is 2.26. The Morgan fingerprint density at radius 1 is 1.43 bits per heavy atom. The predicted molar refractivity (Wildman–Crippen MR) is 73.7 cm³/mol. The summed E-state index contributed by atoms with van der Waals surface area (Å²) in [6, 6.07) is 0. The normalized spacial score (nSPS) is 28.7. The van der Waals surface area contributed by atoms with Gasteiger partial charge in [-0.25, -0.2) is 9.97 Å². The Morgan fingerprint density at radius 2 is 2.14 bits per heavy atom. The van der Waals surface area contributed by atoms with Gasteiger partial charge < -0.3 is 36.3 Å². The lowest BCUT2D eigenvalue weighted by atomic mass is 10.1. The second-order valence-corrected chi connectivity index (χ2v) is 4.89. The molecule has 3 rings (SSSR count). The highest BCUT2D eigenvalue weighted by Crippen LogP contribution is 2.31. The molecular formula is C10H15N5O5S. The Morgan fingerprint density at radius 3 is 2.76 bits per heavy atom. The molecule has 0 bridgehead atoms. The van der Waals surface area contributed by atoms with Crippen LogP contribution in [0.2, 0.25) is 0 Å². The Bertz CT molecular complexity index is 703. The van der Waals surface area contributed by atoms with Gasteiger partial charge in [-0.05, 0) is 0 Å². The fourth-order valence-corrected chi connectivity index (χ4v) is 2.50. The van der Waals surface area contributed by atoms with Gasteiger partial charge in [-0.1, -0.05) is 12.2 Å². The van der Waals surface area contributed by atoms with E-state index < -0.39 is 31.1 Å². The van der Waals surface area contributed by atoms with Gasteiger partial charge in [0.1, 0.15) is 29.5 Å². The average Bonchev–Trinajstić information content (AvgIpc) is 2.93. The summed E-state index contributed by atoms with van der Waals surface area (Å²) in [7, 11) is 0. The van der Waals surface area contributed by atoms with Crippen LogP contribution in [-0.2, 0) is 4.74 Å². The Balaban J connectivity index is 0.00000161. The number of ether oxygens (including phenoxy) is 1. The number of anilines is 1. The van der Waals surface area contributed by atoms with E-state index in [0.29, 0.717) is 11.2 Å². The lowest BCUT2D eigenvalue weighted by Crippen LogP contribution is -2.33. The second-order valence-electron chi connectivity index (χ2n) is 4.51. The molecule has 0 spiro atoms. The molecule has 1 aliphatic rings. The average molecular weight is 317 g/mol. The highest BCUT2D eigenvalue weighted by atomic mass is 32.1. The number of aromatic amines is 1. The minimum absolute atomic E-state index is 0. The molecular weight excluding hydrogens is 302 g/mol. The maximum atomic E-state index is 10.0. The van der Waals surface area contributed by atoms with E-state index in [1.807, 2.05) is 0 Å². The van der Waals surface area contributed by atoms with Gasteiger partial charge in [0.05, 0.1) is 12.9 Å². The molecule has 1 saturated heterocycles. The molecule has 0 radical (unpaired) electrons. The highest BCUT2D eigenvalue weighted by Gasteiger charge is 2.43. The van der Waals surface area contributed by atoms with Crippen molar-refractivity contribution in [3.8, 4) is 0 Å². The first-order valence-electron chi connectivity index (χ1n) is 5.87. The van der Waals surface area contributed by atoms with Crippen molar-refractivity contribution in [2.45, 2.75) is 24.5 Å². The first kappa shape index (κ1) is 15.8. The molecule has 116 valence electrons. The number of imidazole rings is 1. The predicted octanol–water partition coefficient (Wildman–Crippen LogP) is -2.14. The maximum absolute atomic E-state index is 10.0. The standard InChI is InChI=1S/C10H13N5O4S.H2O/c11-10-13-7-4(8(20)14-10)12-2-15(7)9-6(18)5(17)3(1-16)19-9;/h2-3,5-6,9,16-18H,1H2,(H3,11,13,14,20);1H2/t3?,5?,6?,9-;/m1./s1. The van der Waals surface area contributed by atoms with Crippen LogP contribution in [0, 0.1) is 4.64 Å². The van der Waals surface area contributed by atoms with Crippen LogP contribution in [0.3, 0.4) is 0 Å². The van der Waals surface area contributed by atoms with Crippen molar-refractivity contribution in [1.29, 1.82) is 0 Å². The minimum Gasteiger partial charge on any atom is -0.412 e. The largest absolute Gasteiger partial charge is 0.412 e. The number of hydrogen-bond donors (Lipinski definition) is 5. The van der Waals surface area contributed by atoms with Crippen LogP contribution in [0.5, 0.6) is 0 Å². The van der Waals surface area contributed by atoms with Gasteiger partial charge >= 0.3 is 0 Å². The van der Waals surface area contributed by atoms with Crippen LogP contribution in [-0.4, -0.2) is 65.2 Å². The van der Waals surface area contributed by atoms with Crippen LogP contribution >= 0.6 is 12.2 Å². The molecule has 1 fully saturated rings. The molecule has 21 heavy (non-hydrogen) atoms. The first-order chi connectivity index (χ1) is 9.52. The third-order valence-electron chi connectivity index (χ3n) is 3.26. The van der Waals surface area contributed by atoms with Gasteiger partial charge in [0, 0.05) is 0 Å². The van der Waals surface area contributed by atoms with E-state index in [1.54, 1.807) is 0 Å². The van der Waals surface area contributed by atoms with E-state index in [0.717, 1.165) is 0 Å². The smallest absolute Gasteiger partial charge is 0.200 e. The number of fused-ring (bicyclic) bond motifs is 1. The Labute approximate surface area is 123 Å². The number of nitrogens with two attached hydrogens (primary N) is 1. The summed E-state index contributed by atoms with van der Waals surface area (Å²) in [5, 5.41) is 28.9. The van der Waals surface area contributed by atoms with Crippen molar-refractivity contribution >= 4 is 29.3 Å². The van der Waals surface area contributed by atoms with E-state index in [4.69, 9.17) is 27.8 Å². The Hall–Kier alpha value is -1.63. The number of rotatable bonds is 2. The van der Waals surface area contributed by atoms with Crippen molar-refractivity contribution in [3.05, 3.63) is 11.0 Å². The van der Waals surface area contributed by atoms with Gasteiger partial charge in [0.2, 0.25) is 0 Å². The number of aliphatic hydroxyl groups is 3. The van der Waals surface area contributed by atoms with E-state index in [1.165, 1.54) is 10.9 Å². The van der Waals surface area contributed by atoms with Gasteiger partial charge in [-0.2, -0.15) is 0 Å². The van der Waals surface area contributed by atoms with Crippen molar-refractivity contribution in [2.24, 2.45) is 0 Å². The summed E-state index contributed by atoms with van der Waals surface area (Å²) >= 11 is 5.05. The summed E-state index contributed by atoms with van der Waals surface area (Å²) in [5.74, 6) is 0.107. The zero-order chi connectivity index (χ0) is 14.4. The molecule has 11 heteroatoms. The van der Waals surface area contributed by atoms with Crippen molar-refractivity contribution < 1.29 is 25.5 Å². The van der Waals surface area contributed by atoms with E-state index in [9.17, 15) is 10.2 Å². The Kier molecular flexibility index (Phi) is 4.22. The third-order valence-corrected chi connectivity index (χ3v) is 3.54. The molecule has 10 nitrogen and oxygen atoms in total. The molecule has 1 aliphatic heterocycles. The number of nitrogens with one attached hydrogen (secondary N) is 1. The summed E-state index contributed by atoms with van der Waals surface area (Å²) in [4.78, 5) is 10.8. The quantitative estimate of drug-likeness (QED) is 0.390. The van der Waals surface area contributed by atoms with Gasteiger partial charge in [-0.15, -0.1) is 0 Å². The minimum atomic E-state index is -1.21. The number of nitrogens with zero attached hydrogens (tertiary/aromatic N) is 3. The summed E-state index contributed by atoms with van der Waals surface area (Å²) < 4.78 is 7.11. The van der Waals surface area contributed by atoms with Crippen LogP contribution in [0.1, 0.15) is 6.23 Å². The SMILES string of the molecule is Nc1nc(=S)c2ncn([C@@H]3OC(CO)C(O)C3O)c2[nH]1.O. The molecule has 2 aromatic heterocycles. The zero-order valence-electron chi connectivity index (χ0n) is 10.7. The number of aromatic nitrogens is 4. The van der Waals surface area contributed by atoms with Crippen LogP contribution in [0.4, 0.5) is 5.95 Å². The summed E-state index contributed by atoms with van der Waals surface area (Å²) in [6.07, 6.45) is -2.77. The maximum Gasteiger partial charge on any atom is 0.200 e. The molecule has 2 aromatic rings. The van der Waals surface area contributed by atoms with Crippen LogP contribution in [0.15, 0.2) is 6.33 Å². The van der Waals surface area contributed by atoms with Crippen LogP contribution in [0.25, 0.3) is 11.2 Å². The van der Waals surface area contributed by atoms with Gasteiger partial charge in [0.25, 0.3) is 0 Å². The number of H-pyrrole nitrogens is 1. The monoisotopic (exact) mass is 317 g/mol. The number of hydrogen-bond acceptors (Lipinski definition) is 8. The highest BCUT2D eigenvalue weighted by molar-refractivity contribution is 7.71. The number of nitrogen functional groups attached to an aromatic ring is 1. The van der Waals surface area contributed by atoms with E-state index >= 15 is 0 Å². The van der Waals surface area contributed by atoms with Crippen LogP contribution < -0.4 is 5.73 Å². The molecule has 3 heterocycles. The van der Waals surface area contributed by atoms with Gasteiger partial charge in [-0.3, -0.25) is 4.57 Å². The second kappa shape index (κ2) is 5.63. The molecule has 8 N–H and O–H groups in total. The van der Waals surface area contributed by atoms with Crippen molar-refractivity contribution in [1.82, 2.24) is 19.5 Å². The van der Waals surface area contributed by atoms with Gasteiger partial charge in [0.15, 0.2) is 16.8 Å². The molecule has 0 saturated carbocycles. The molecule has 0 amide bonds. The fraction of sp³-hybridized carbons (Fsp3) is 0.500. The van der Waals surface area contributed by atoms with E-state index in [-0.39, 0.29) is 16.1 Å². The summed E-state index contributed by atoms with van der Waals surface area (Å²) in [5.41, 5.74) is 6.44. The lowest BCUT2D eigenvalue weighted by molar-refractivity contribution is -0.0511. The number of aliphatic hydroxyl groups excluding tert-OH is 3. The van der Waals surface area contributed by atoms with E-state index in [2.05, 4.69) is 15.0 Å². The molecule has 0 aliphatic carbocycles. The topological polar surface area (TPSA) is 174 Å². The first-order valence-corrected chi connectivity index (χ1v) is 6.28. The van der Waals surface area contributed by atoms with Crippen molar-refractivity contribution in [2.75, 3.05) is 12.3 Å². The van der Waals surface area contributed by atoms with Crippen molar-refractivity contribution in [3.63, 3.8) is 0 Å². The third kappa shape index (κ3) is 2.39. The zero-order valence-corrected chi connectivity index (χ0v) is 11.5. The summed E-state index contributed by atoms with van der Waals surface area (Å²) in [6.45, 7) is -0.402. The molecule has 0 aromatic carbocycles. The molecule has 4 atom stereocenters. The lowest BCUT2D eigenvalue weighted by Gasteiger charge is -2.16.